The first-order valence-electron chi connectivity index (χ1n) is 6.41. The van der Waals surface area contributed by atoms with E-state index in [4.69, 9.17) is 44.1 Å². The summed E-state index contributed by atoms with van der Waals surface area (Å²) in [5.41, 5.74) is 13.8. The highest BCUT2D eigenvalue weighted by atomic mass is 35.5. The van der Waals surface area contributed by atoms with Gasteiger partial charge in [0, 0.05) is 11.4 Å². The van der Waals surface area contributed by atoms with Crippen LogP contribution in [0.25, 0.3) is 0 Å². The van der Waals surface area contributed by atoms with Crippen LogP contribution in [0.15, 0.2) is 48.5 Å². The maximum Gasteiger partial charge on any atom is 0.279 e. The van der Waals surface area contributed by atoms with E-state index < -0.39 is 15.9 Å². The first-order chi connectivity index (χ1) is 9.91. The van der Waals surface area contributed by atoms with E-state index in [1.165, 1.54) is 0 Å². The fourth-order valence-electron chi connectivity index (χ4n) is 2.84. The maximum absolute atomic E-state index is 6.11. The van der Waals surface area contributed by atoms with Gasteiger partial charge in [0.05, 0.1) is 0 Å². The molecule has 0 amide bonds. The number of anilines is 2. The smallest absolute Gasteiger partial charge is 0.279 e. The number of epoxide rings is 2. The van der Waals surface area contributed by atoms with Gasteiger partial charge in [0.15, 0.2) is 5.60 Å². The minimum absolute atomic E-state index is 0.628. The molecule has 2 heterocycles. The van der Waals surface area contributed by atoms with Crippen molar-refractivity contribution in [3.63, 3.8) is 0 Å². The van der Waals surface area contributed by atoms with Crippen LogP contribution in [-0.2, 0) is 15.1 Å². The molecule has 2 aromatic rings. The molecule has 2 fully saturated rings. The van der Waals surface area contributed by atoms with Crippen LogP contribution in [0.5, 0.6) is 0 Å². The van der Waals surface area contributed by atoms with Gasteiger partial charge >= 0.3 is 0 Å². The van der Waals surface area contributed by atoms with Crippen LogP contribution in [0.3, 0.4) is 0 Å². The lowest BCUT2D eigenvalue weighted by Gasteiger charge is -2.14. The molecule has 4 rings (SSSR count). The number of halogens is 2. The molecule has 2 saturated heterocycles. The minimum Gasteiger partial charge on any atom is -0.399 e. The summed E-state index contributed by atoms with van der Waals surface area (Å²) in [5, 5.41) is 0. The number of ether oxygens (including phenoxy) is 2. The number of hydrogen-bond donors (Lipinski definition) is 2. The van der Waals surface area contributed by atoms with Crippen molar-refractivity contribution in [2.24, 2.45) is 0 Å². The summed E-state index contributed by atoms with van der Waals surface area (Å²) in [6.45, 7) is 0. The number of benzene rings is 2. The third kappa shape index (κ3) is 1.59. The van der Waals surface area contributed by atoms with Gasteiger partial charge in [-0.2, -0.15) is 0 Å². The van der Waals surface area contributed by atoms with Gasteiger partial charge in [0.2, 0.25) is 0 Å². The van der Waals surface area contributed by atoms with E-state index in [9.17, 15) is 0 Å². The Hall–Kier alpha value is -1.46. The summed E-state index contributed by atoms with van der Waals surface area (Å²) in [5.74, 6) is -1.06. The van der Waals surface area contributed by atoms with Gasteiger partial charge in [-0.3, -0.25) is 0 Å². The van der Waals surface area contributed by atoms with Crippen molar-refractivity contribution in [1.82, 2.24) is 0 Å². The lowest BCUT2D eigenvalue weighted by Crippen LogP contribution is -2.19. The van der Waals surface area contributed by atoms with Crippen LogP contribution in [-0.4, -0.2) is 10.3 Å². The molecule has 1 spiro atoms. The summed E-state index contributed by atoms with van der Waals surface area (Å²) in [7, 11) is 0. The first kappa shape index (κ1) is 13.2. The van der Waals surface area contributed by atoms with Crippen molar-refractivity contribution in [2.45, 2.75) is 15.9 Å². The highest BCUT2D eigenvalue weighted by Crippen LogP contribution is 2.78. The van der Waals surface area contributed by atoms with Crippen LogP contribution in [0.1, 0.15) is 11.1 Å². The maximum atomic E-state index is 6.11. The Balaban J connectivity index is 1.88. The van der Waals surface area contributed by atoms with E-state index in [1.807, 2.05) is 30.3 Å². The highest BCUT2D eigenvalue weighted by molar-refractivity contribution is 6.50. The molecule has 2 unspecified atom stereocenters. The van der Waals surface area contributed by atoms with Crippen molar-refractivity contribution >= 4 is 34.6 Å². The van der Waals surface area contributed by atoms with Crippen molar-refractivity contribution < 1.29 is 9.47 Å². The zero-order valence-electron chi connectivity index (χ0n) is 10.8. The molecule has 2 aliphatic rings. The van der Waals surface area contributed by atoms with E-state index >= 15 is 0 Å². The third-order valence-electron chi connectivity index (χ3n) is 3.94. The van der Waals surface area contributed by atoms with Crippen LogP contribution >= 0.6 is 23.2 Å². The fraction of sp³-hybridized carbons (Fsp3) is 0.200. The zero-order valence-corrected chi connectivity index (χ0v) is 12.4. The average molecular weight is 323 g/mol. The molecule has 21 heavy (non-hydrogen) atoms. The molecule has 0 aromatic heterocycles. The summed E-state index contributed by atoms with van der Waals surface area (Å²) in [4.78, 5) is 0. The lowest BCUT2D eigenvalue weighted by atomic mass is 9.87. The molecule has 0 aliphatic carbocycles. The molecule has 0 bridgehead atoms. The highest BCUT2D eigenvalue weighted by Gasteiger charge is 2.95. The first-order valence-corrected chi connectivity index (χ1v) is 7.17. The number of nitrogens with two attached hydrogens (primary N) is 2. The average Bonchev–Trinajstić information content (AvgIpc) is 3.25. The van der Waals surface area contributed by atoms with Crippen LogP contribution in [0.4, 0.5) is 11.4 Å². The molecule has 4 N–H and O–H groups in total. The molecule has 0 saturated carbocycles. The molecule has 4 nitrogen and oxygen atoms in total. The van der Waals surface area contributed by atoms with Gasteiger partial charge in [0.1, 0.15) is 0 Å². The predicted octanol–water partition coefficient (Wildman–Crippen LogP) is 2.98. The number of alkyl halides is 2. The van der Waals surface area contributed by atoms with Crippen molar-refractivity contribution in [3.8, 4) is 0 Å². The Labute approximate surface area is 131 Å². The quantitative estimate of drug-likeness (QED) is 0.506. The second-order valence-electron chi connectivity index (χ2n) is 5.27. The molecule has 2 aliphatic heterocycles. The van der Waals surface area contributed by atoms with Crippen molar-refractivity contribution in [3.05, 3.63) is 59.7 Å². The van der Waals surface area contributed by atoms with E-state index in [0.29, 0.717) is 11.4 Å². The lowest BCUT2D eigenvalue weighted by molar-refractivity contribution is 0.243. The Morgan fingerprint density at radius 3 is 2.00 bits per heavy atom. The molecular formula is C15H12Cl2N2O2. The SMILES string of the molecule is Nc1ccc(C2(c3cccc(N)c3)OC23OC3(Cl)Cl)cc1. The fourth-order valence-corrected chi connectivity index (χ4v) is 3.40. The minimum atomic E-state index is -1.36. The van der Waals surface area contributed by atoms with E-state index in [2.05, 4.69) is 0 Å². The molecule has 108 valence electrons. The molecular weight excluding hydrogens is 311 g/mol. The van der Waals surface area contributed by atoms with Gasteiger partial charge in [-0.25, -0.2) is 0 Å². The van der Waals surface area contributed by atoms with Crippen LogP contribution in [0.2, 0.25) is 0 Å². The monoisotopic (exact) mass is 322 g/mol. The second kappa shape index (κ2) is 3.84. The van der Waals surface area contributed by atoms with Crippen molar-refractivity contribution in [1.29, 1.82) is 0 Å². The predicted molar refractivity (Wildman–Crippen MR) is 81.8 cm³/mol. The van der Waals surface area contributed by atoms with Gasteiger partial charge in [-0.1, -0.05) is 47.5 Å². The largest absolute Gasteiger partial charge is 0.399 e. The number of hydrogen-bond acceptors (Lipinski definition) is 4. The van der Waals surface area contributed by atoms with Crippen molar-refractivity contribution in [2.75, 3.05) is 11.5 Å². The van der Waals surface area contributed by atoms with Crippen LogP contribution in [0, 0.1) is 0 Å². The second-order valence-corrected chi connectivity index (χ2v) is 6.52. The summed E-state index contributed by atoms with van der Waals surface area (Å²) in [6, 6.07) is 14.7. The Morgan fingerprint density at radius 2 is 1.48 bits per heavy atom. The summed E-state index contributed by atoms with van der Waals surface area (Å²) in [6.07, 6.45) is 0. The normalized spacial score (nSPS) is 32.1. The molecule has 2 aromatic carbocycles. The van der Waals surface area contributed by atoms with E-state index in [-0.39, 0.29) is 0 Å². The standard InChI is InChI=1S/C15H12Cl2N2O2/c16-15(17)14(21-15)13(20-14,9-4-6-11(18)7-5-9)10-2-1-3-12(19)8-10/h1-8H,18-19H2. The molecule has 0 radical (unpaired) electrons. The Morgan fingerprint density at radius 1 is 0.810 bits per heavy atom. The Bertz CT molecular complexity index is 735. The topological polar surface area (TPSA) is 77.1 Å². The zero-order chi connectivity index (χ0) is 14.9. The summed E-state index contributed by atoms with van der Waals surface area (Å²) < 4.78 is 9.98. The van der Waals surface area contributed by atoms with Gasteiger partial charge in [-0.05, 0) is 35.4 Å². The molecule has 6 heteroatoms. The van der Waals surface area contributed by atoms with Gasteiger partial charge in [0.25, 0.3) is 10.3 Å². The van der Waals surface area contributed by atoms with Gasteiger partial charge in [-0.15, -0.1) is 0 Å². The molecule has 2 atom stereocenters. The van der Waals surface area contributed by atoms with Crippen LogP contribution < -0.4 is 11.5 Å². The summed E-state index contributed by atoms with van der Waals surface area (Å²) >= 11 is 12.2. The number of rotatable bonds is 2. The Kier molecular flexibility index (Phi) is 2.42. The van der Waals surface area contributed by atoms with Gasteiger partial charge < -0.3 is 20.9 Å². The van der Waals surface area contributed by atoms with E-state index in [0.717, 1.165) is 11.1 Å². The number of nitrogen functional groups attached to an aromatic ring is 2. The van der Waals surface area contributed by atoms with E-state index in [1.54, 1.807) is 18.2 Å². The third-order valence-corrected chi connectivity index (χ3v) is 4.59.